The Hall–Kier alpha value is -3.61. The van der Waals surface area contributed by atoms with Crippen molar-refractivity contribution in [1.82, 2.24) is 20.1 Å². The third kappa shape index (κ3) is 9.20. The molecule has 0 saturated carbocycles. The number of aliphatic carboxylic acids is 1. The number of amides is 2. The molecule has 9 nitrogen and oxygen atoms in total. The van der Waals surface area contributed by atoms with Gasteiger partial charge in [-0.25, -0.2) is 4.79 Å². The number of carboxylic acid groups (broad SMARTS) is 1. The van der Waals surface area contributed by atoms with Gasteiger partial charge in [0.15, 0.2) is 0 Å². The Kier molecular flexibility index (Phi) is 11.3. The highest BCUT2D eigenvalue weighted by molar-refractivity contribution is 6.31. The average molecular weight is 636 g/mol. The number of fused-ring (bicyclic) bond motifs is 1. The van der Waals surface area contributed by atoms with Crippen molar-refractivity contribution in [3.63, 3.8) is 0 Å². The smallest absolute Gasteiger partial charge is 0.475 e. The summed E-state index contributed by atoms with van der Waals surface area (Å²) in [5, 5.41) is 11.7. The second kappa shape index (κ2) is 14.9. The molecule has 0 radical (unpaired) electrons. The molecule has 0 spiro atoms. The maximum absolute atomic E-state index is 13.5. The monoisotopic (exact) mass is 635 g/mol. The first-order valence-corrected chi connectivity index (χ1v) is 14.9. The second-order valence-electron chi connectivity index (χ2n) is 11.3. The maximum Gasteiger partial charge on any atom is 0.490 e. The third-order valence-electron chi connectivity index (χ3n) is 8.11. The highest BCUT2D eigenvalue weighted by Crippen LogP contribution is 2.25. The average Bonchev–Trinajstić information content (AvgIpc) is 3.43. The first-order chi connectivity index (χ1) is 20.9. The third-order valence-corrected chi connectivity index (χ3v) is 8.35. The quantitative estimate of drug-likeness (QED) is 0.336. The minimum absolute atomic E-state index is 0.0343. The lowest BCUT2D eigenvalue weighted by Crippen LogP contribution is -2.48. The number of carbonyl (C=O) groups is 3. The van der Waals surface area contributed by atoms with Crippen molar-refractivity contribution < 1.29 is 32.7 Å². The van der Waals surface area contributed by atoms with Gasteiger partial charge in [0.25, 0.3) is 5.91 Å². The van der Waals surface area contributed by atoms with Crippen LogP contribution in [-0.4, -0.2) is 96.2 Å². The Bertz CT molecular complexity index is 1420. The van der Waals surface area contributed by atoms with E-state index < -0.39 is 12.1 Å². The minimum Gasteiger partial charge on any atom is -0.475 e. The lowest BCUT2D eigenvalue weighted by Gasteiger charge is -2.41. The molecule has 238 valence electrons. The number of anilines is 1. The van der Waals surface area contributed by atoms with E-state index >= 15 is 0 Å². The number of benzene rings is 2. The molecule has 3 N–H and O–H groups in total. The van der Waals surface area contributed by atoms with E-state index in [1.165, 1.54) is 30.8 Å². The summed E-state index contributed by atoms with van der Waals surface area (Å²) in [7, 11) is 2.20. The molecule has 2 aliphatic heterocycles. The number of piperidine rings is 2. The number of alkyl halides is 3. The van der Waals surface area contributed by atoms with E-state index in [1.54, 1.807) is 12.1 Å². The summed E-state index contributed by atoms with van der Waals surface area (Å²) in [6.07, 6.45) is -0.369. The van der Waals surface area contributed by atoms with Crippen LogP contribution in [0.1, 0.15) is 36.2 Å². The van der Waals surface area contributed by atoms with Gasteiger partial charge in [-0.3, -0.25) is 14.5 Å². The van der Waals surface area contributed by atoms with Gasteiger partial charge < -0.3 is 25.2 Å². The van der Waals surface area contributed by atoms with Crippen LogP contribution in [0.15, 0.2) is 54.6 Å². The predicted octanol–water partition coefficient (Wildman–Crippen LogP) is 5.02. The van der Waals surface area contributed by atoms with Crippen LogP contribution in [-0.2, 0) is 9.59 Å². The molecule has 3 aromatic rings. The Morgan fingerprint density at radius 2 is 1.64 bits per heavy atom. The summed E-state index contributed by atoms with van der Waals surface area (Å²) < 4.78 is 31.7. The highest BCUT2D eigenvalue weighted by Gasteiger charge is 2.38. The van der Waals surface area contributed by atoms with Crippen molar-refractivity contribution in [1.29, 1.82) is 0 Å². The molecule has 2 saturated heterocycles. The molecule has 2 aromatic carbocycles. The molecule has 2 amide bonds. The van der Waals surface area contributed by atoms with Gasteiger partial charge in [0.05, 0.1) is 0 Å². The van der Waals surface area contributed by atoms with E-state index in [0.29, 0.717) is 34.9 Å². The molecular weight excluding hydrogens is 599 g/mol. The fourth-order valence-electron chi connectivity index (χ4n) is 5.59. The van der Waals surface area contributed by atoms with E-state index in [9.17, 15) is 22.8 Å². The van der Waals surface area contributed by atoms with Crippen LogP contribution in [0.3, 0.4) is 0 Å². The van der Waals surface area contributed by atoms with Gasteiger partial charge in [-0.05, 0) is 101 Å². The van der Waals surface area contributed by atoms with Crippen LogP contribution in [0, 0.1) is 5.92 Å². The van der Waals surface area contributed by atoms with Gasteiger partial charge >= 0.3 is 12.1 Å². The van der Waals surface area contributed by atoms with Crippen molar-refractivity contribution in [3.8, 4) is 0 Å². The number of aromatic amines is 1. The summed E-state index contributed by atoms with van der Waals surface area (Å²) in [4.78, 5) is 45.2. The number of H-pyrrole nitrogens is 1. The number of nitrogens with one attached hydrogen (secondary N) is 2. The number of para-hydroxylation sites is 1. The Balaban J connectivity index is 0.000000566. The van der Waals surface area contributed by atoms with Gasteiger partial charge in [-0.15, -0.1) is 0 Å². The molecule has 13 heteroatoms. The standard InChI is InChI=1S/C29H36ClN5O2.C2HF3O2/c1-33-13-11-24(12-14-33)34-15-9-21(10-16-34)19-31-28(36)20-35(25-5-3-2-4-6-25)29(37)27-18-22-17-23(30)7-8-26(22)32-27;3-2(4,5)1(6)7/h2-8,17-18,21,24,32H,9-16,19-20H2,1H3,(H,31,36);(H,6,7). The van der Waals surface area contributed by atoms with E-state index in [4.69, 9.17) is 21.5 Å². The fraction of sp³-hybridized carbons (Fsp3) is 0.452. The van der Waals surface area contributed by atoms with Crippen LogP contribution >= 0.6 is 11.6 Å². The van der Waals surface area contributed by atoms with Crippen LogP contribution in [0.25, 0.3) is 10.9 Å². The zero-order chi connectivity index (χ0) is 31.9. The van der Waals surface area contributed by atoms with Crippen molar-refractivity contribution in [2.45, 2.75) is 37.9 Å². The normalized spacial score (nSPS) is 17.1. The summed E-state index contributed by atoms with van der Waals surface area (Å²) >= 11 is 6.12. The first kappa shape index (κ1) is 33.3. The number of nitrogens with zero attached hydrogens (tertiary/aromatic N) is 3. The summed E-state index contributed by atoms with van der Waals surface area (Å²) in [5.41, 5.74) is 1.94. The molecule has 0 unspecified atom stereocenters. The van der Waals surface area contributed by atoms with Crippen LogP contribution in [0.5, 0.6) is 0 Å². The number of carboxylic acids is 1. The van der Waals surface area contributed by atoms with Crippen LogP contribution in [0.4, 0.5) is 18.9 Å². The Morgan fingerprint density at radius 1 is 1.00 bits per heavy atom. The maximum atomic E-state index is 13.5. The summed E-state index contributed by atoms with van der Waals surface area (Å²) in [6, 6.07) is 17.3. The topological polar surface area (TPSA) is 109 Å². The summed E-state index contributed by atoms with van der Waals surface area (Å²) in [5.74, 6) is -2.67. The highest BCUT2D eigenvalue weighted by atomic mass is 35.5. The lowest BCUT2D eigenvalue weighted by atomic mass is 9.93. The number of hydrogen-bond donors (Lipinski definition) is 3. The van der Waals surface area contributed by atoms with Gasteiger partial charge in [0, 0.05) is 34.2 Å². The Morgan fingerprint density at radius 3 is 2.25 bits per heavy atom. The number of rotatable bonds is 7. The van der Waals surface area contributed by atoms with Crippen molar-refractivity contribution in [2.24, 2.45) is 5.92 Å². The lowest BCUT2D eigenvalue weighted by molar-refractivity contribution is -0.192. The number of hydrogen-bond acceptors (Lipinski definition) is 5. The molecule has 44 heavy (non-hydrogen) atoms. The number of halogens is 4. The first-order valence-electron chi connectivity index (χ1n) is 14.6. The van der Waals surface area contributed by atoms with Crippen LogP contribution < -0.4 is 10.2 Å². The molecule has 5 rings (SSSR count). The van der Waals surface area contributed by atoms with Crippen molar-refractivity contribution in [2.75, 3.05) is 51.2 Å². The zero-order valence-electron chi connectivity index (χ0n) is 24.4. The van der Waals surface area contributed by atoms with E-state index in [0.717, 1.165) is 36.8 Å². The van der Waals surface area contributed by atoms with Gasteiger partial charge in [0.2, 0.25) is 5.91 Å². The SMILES string of the molecule is CN1CCC(N2CCC(CNC(=O)CN(C(=O)c3cc4cc(Cl)ccc4[nH]3)c3ccccc3)CC2)CC1.O=C(O)C(F)(F)F. The molecule has 1 aromatic heterocycles. The fourth-order valence-corrected chi connectivity index (χ4v) is 5.77. The van der Waals surface area contributed by atoms with E-state index in [-0.39, 0.29) is 18.4 Å². The van der Waals surface area contributed by atoms with Gasteiger partial charge in [0.1, 0.15) is 12.2 Å². The molecule has 2 aliphatic rings. The van der Waals surface area contributed by atoms with Crippen molar-refractivity contribution >= 4 is 46.0 Å². The van der Waals surface area contributed by atoms with Gasteiger partial charge in [-0.1, -0.05) is 29.8 Å². The molecule has 3 heterocycles. The largest absolute Gasteiger partial charge is 0.490 e. The molecule has 0 atom stereocenters. The predicted molar refractivity (Wildman–Crippen MR) is 163 cm³/mol. The molecule has 0 aliphatic carbocycles. The number of likely N-dealkylation sites (tertiary alicyclic amines) is 2. The van der Waals surface area contributed by atoms with Crippen molar-refractivity contribution in [3.05, 3.63) is 65.3 Å². The van der Waals surface area contributed by atoms with Gasteiger partial charge in [-0.2, -0.15) is 13.2 Å². The molecule has 0 bridgehead atoms. The number of carbonyl (C=O) groups excluding carboxylic acids is 2. The number of aromatic nitrogens is 1. The second-order valence-corrected chi connectivity index (χ2v) is 11.7. The molecular formula is C31H37ClF3N5O4. The van der Waals surface area contributed by atoms with E-state index in [2.05, 4.69) is 27.1 Å². The summed E-state index contributed by atoms with van der Waals surface area (Å²) in [6.45, 7) is 5.20. The van der Waals surface area contributed by atoms with E-state index in [1.807, 2.05) is 42.5 Å². The van der Waals surface area contributed by atoms with Crippen LogP contribution in [0.2, 0.25) is 5.02 Å². The minimum atomic E-state index is -5.08. The zero-order valence-corrected chi connectivity index (χ0v) is 25.2. The molecule has 2 fully saturated rings. The Labute approximate surface area is 258 Å².